The molecule has 0 aromatic carbocycles. The van der Waals surface area contributed by atoms with E-state index in [1.165, 1.54) is 45.1 Å². The summed E-state index contributed by atoms with van der Waals surface area (Å²) < 4.78 is 5.06. The minimum absolute atomic E-state index is 0.605. The highest BCUT2D eigenvalue weighted by molar-refractivity contribution is 4.68. The lowest BCUT2D eigenvalue weighted by atomic mass is 10.0. The van der Waals surface area contributed by atoms with Gasteiger partial charge in [-0.15, -0.1) is 0 Å². The maximum absolute atomic E-state index is 5.06. The summed E-state index contributed by atoms with van der Waals surface area (Å²) in [6.45, 7) is 4.30. The number of hydrogen-bond donors (Lipinski definition) is 1. The quantitative estimate of drug-likeness (QED) is 0.626. The minimum Gasteiger partial charge on any atom is -0.385 e. The third-order valence-electron chi connectivity index (χ3n) is 3.51. The smallest absolute Gasteiger partial charge is 0.0476 e. The molecule has 0 radical (unpaired) electrons. The van der Waals surface area contributed by atoms with Gasteiger partial charge in [-0.25, -0.2) is 0 Å². The fraction of sp³-hybridized carbons (Fsp3) is 1.00. The predicted octanol–water partition coefficient (Wildman–Crippen LogP) is 2.97. The van der Waals surface area contributed by atoms with Crippen LogP contribution in [0.25, 0.3) is 0 Å². The molecule has 2 heteroatoms. The number of methoxy groups -OCH3 is 1. The molecule has 1 N–H and O–H groups in total. The average Bonchev–Trinajstić information content (AvgIpc) is 2.74. The van der Waals surface area contributed by atoms with Crippen LogP contribution in [0.1, 0.15) is 51.9 Å². The van der Waals surface area contributed by atoms with E-state index in [9.17, 15) is 0 Å². The molecule has 1 aliphatic carbocycles. The minimum atomic E-state index is 0.605. The van der Waals surface area contributed by atoms with Crippen molar-refractivity contribution in [2.45, 2.75) is 57.9 Å². The van der Waals surface area contributed by atoms with Gasteiger partial charge in [0, 0.05) is 19.8 Å². The van der Waals surface area contributed by atoms with E-state index in [-0.39, 0.29) is 0 Å². The summed E-state index contributed by atoms with van der Waals surface area (Å²) in [5, 5.41) is 3.56. The van der Waals surface area contributed by atoms with Gasteiger partial charge >= 0.3 is 0 Å². The summed E-state index contributed by atoms with van der Waals surface area (Å²) in [5.74, 6) is 1.04. The third kappa shape index (κ3) is 6.16. The van der Waals surface area contributed by atoms with E-state index >= 15 is 0 Å². The molecule has 90 valence electrons. The monoisotopic (exact) mass is 213 g/mol. The molecule has 15 heavy (non-hydrogen) atoms. The molecule has 1 atom stereocenters. The van der Waals surface area contributed by atoms with Crippen LogP contribution in [0.2, 0.25) is 0 Å². The van der Waals surface area contributed by atoms with Gasteiger partial charge in [0.25, 0.3) is 0 Å². The Labute approximate surface area is 94.8 Å². The van der Waals surface area contributed by atoms with Crippen LogP contribution in [0.15, 0.2) is 0 Å². The molecule has 0 bridgehead atoms. The average molecular weight is 213 g/mol. The first-order chi connectivity index (χ1) is 7.33. The summed E-state index contributed by atoms with van der Waals surface area (Å²) >= 11 is 0. The zero-order valence-electron chi connectivity index (χ0n) is 10.4. The molecular weight excluding hydrogens is 186 g/mol. The van der Waals surface area contributed by atoms with Crippen molar-refractivity contribution in [3.63, 3.8) is 0 Å². The van der Waals surface area contributed by atoms with Gasteiger partial charge in [-0.3, -0.25) is 0 Å². The number of hydrogen-bond acceptors (Lipinski definition) is 2. The Morgan fingerprint density at radius 2 is 2.07 bits per heavy atom. The van der Waals surface area contributed by atoms with Crippen molar-refractivity contribution in [3.05, 3.63) is 0 Å². The van der Waals surface area contributed by atoms with E-state index in [4.69, 9.17) is 4.74 Å². The highest BCUT2D eigenvalue weighted by atomic mass is 16.5. The first-order valence-corrected chi connectivity index (χ1v) is 6.55. The van der Waals surface area contributed by atoms with E-state index in [1.54, 1.807) is 7.11 Å². The lowest BCUT2D eigenvalue weighted by molar-refractivity contribution is 0.184. The summed E-state index contributed by atoms with van der Waals surface area (Å²) in [6, 6.07) is 0.605. The topological polar surface area (TPSA) is 21.3 Å². The molecule has 1 aliphatic rings. The van der Waals surface area contributed by atoms with Crippen molar-refractivity contribution in [2.75, 3.05) is 20.3 Å². The van der Waals surface area contributed by atoms with Gasteiger partial charge in [-0.2, -0.15) is 0 Å². The van der Waals surface area contributed by atoms with E-state index < -0.39 is 0 Å². The summed E-state index contributed by atoms with van der Waals surface area (Å²) in [4.78, 5) is 0. The number of ether oxygens (including phenoxy) is 1. The molecule has 0 heterocycles. The van der Waals surface area contributed by atoms with Gasteiger partial charge in [0.1, 0.15) is 0 Å². The Morgan fingerprint density at radius 1 is 1.33 bits per heavy atom. The molecule has 1 unspecified atom stereocenters. The van der Waals surface area contributed by atoms with Crippen molar-refractivity contribution in [1.82, 2.24) is 5.32 Å². The van der Waals surface area contributed by atoms with Crippen LogP contribution in [0.5, 0.6) is 0 Å². The molecule has 1 fully saturated rings. The maximum Gasteiger partial charge on any atom is 0.0476 e. The Balaban J connectivity index is 1.87. The summed E-state index contributed by atoms with van der Waals surface area (Å²) in [6.07, 6.45) is 9.83. The van der Waals surface area contributed by atoms with Crippen LogP contribution in [0.4, 0.5) is 0 Å². The van der Waals surface area contributed by atoms with Gasteiger partial charge in [0.15, 0.2) is 0 Å². The Bertz CT molecular complexity index is 143. The van der Waals surface area contributed by atoms with Crippen molar-refractivity contribution >= 4 is 0 Å². The van der Waals surface area contributed by atoms with Crippen LogP contribution in [0, 0.1) is 5.92 Å². The van der Waals surface area contributed by atoms with E-state index in [0.29, 0.717) is 6.04 Å². The molecule has 0 aromatic heterocycles. The Kier molecular flexibility index (Phi) is 7.03. The molecule has 0 amide bonds. The standard InChI is InChI=1S/C13H27NO/c1-12(9-11-15-2)14-10-5-8-13-6-3-4-7-13/h12-14H,3-11H2,1-2H3. The van der Waals surface area contributed by atoms with E-state index in [1.807, 2.05) is 0 Å². The summed E-state index contributed by atoms with van der Waals surface area (Å²) in [7, 11) is 1.77. The Hall–Kier alpha value is -0.0800. The fourth-order valence-electron chi connectivity index (χ4n) is 2.43. The highest BCUT2D eigenvalue weighted by Gasteiger charge is 2.13. The van der Waals surface area contributed by atoms with Gasteiger partial charge < -0.3 is 10.1 Å². The molecule has 0 aliphatic heterocycles. The first-order valence-electron chi connectivity index (χ1n) is 6.55. The van der Waals surface area contributed by atoms with E-state index in [2.05, 4.69) is 12.2 Å². The second kappa shape index (κ2) is 8.12. The van der Waals surface area contributed by atoms with Gasteiger partial charge in [0.2, 0.25) is 0 Å². The van der Waals surface area contributed by atoms with Crippen LogP contribution in [-0.2, 0) is 4.74 Å². The van der Waals surface area contributed by atoms with Crippen molar-refractivity contribution in [2.24, 2.45) is 5.92 Å². The Morgan fingerprint density at radius 3 is 2.73 bits per heavy atom. The van der Waals surface area contributed by atoms with Crippen LogP contribution in [-0.4, -0.2) is 26.3 Å². The van der Waals surface area contributed by atoms with Crippen molar-refractivity contribution < 1.29 is 4.74 Å². The van der Waals surface area contributed by atoms with Crippen molar-refractivity contribution in [1.29, 1.82) is 0 Å². The van der Waals surface area contributed by atoms with Crippen LogP contribution >= 0.6 is 0 Å². The first kappa shape index (κ1) is 13.0. The largest absolute Gasteiger partial charge is 0.385 e. The fourth-order valence-corrected chi connectivity index (χ4v) is 2.43. The zero-order valence-corrected chi connectivity index (χ0v) is 10.4. The van der Waals surface area contributed by atoms with Crippen molar-refractivity contribution in [3.8, 4) is 0 Å². The predicted molar refractivity (Wildman–Crippen MR) is 65.1 cm³/mol. The lowest BCUT2D eigenvalue weighted by Crippen LogP contribution is -2.28. The maximum atomic E-state index is 5.06. The molecule has 0 spiro atoms. The number of rotatable bonds is 8. The molecular formula is C13H27NO. The molecule has 1 saturated carbocycles. The lowest BCUT2D eigenvalue weighted by Gasteiger charge is -2.14. The normalized spacial score (nSPS) is 19.6. The second-order valence-electron chi connectivity index (χ2n) is 4.93. The molecule has 0 aromatic rings. The van der Waals surface area contributed by atoms with Gasteiger partial charge in [-0.1, -0.05) is 25.7 Å². The zero-order chi connectivity index (χ0) is 10.9. The van der Waals surface area contributed by atoms with Crippen LogP contribution < -0.4 is 5.32 Å². The van der Waals surface area contributed by atoms with Gasteiger partial charge in [0.05, 0.1) is 0 Å². The second-order valence-corrected chi connectivity index (χ2v) is 4.93. The highest BCUT2D eigenvalue weighted by Crippen LogP contribution is 2.28. The van der Waals surface area contributed by atoms with E-state index in [0.717, 1.165) is 18.9 Å². The van der Waals surface area contributed by atoms with Gasteiger partial charge in [-0.05, 0) is 38.6 Å². The SMILES string of the molecule is COCCC(C)NCCCC1CCCC1. The third-order valence-corrected chi connectivity index (χ3v) is 3.51. The molecule has 0 saturated heterocycles. The summed E-state index contributed by atoms with van der Waals surface area (Å²) in [5.41, 5.74) is 0. The molecule has 2 nitrogen and oxygen atoms in total. The van der Waals surface area contributed by atoms with Crippen LogP contribution in [0.3, 0.4) is 0 Å². The number of nitrogens with one attached hydrogen (secondary N) is 1. The molecule has 1 rings (SSSR count).